The number of amides is 1. The van der Waals surface area contributed by atoms with Gasteiger partial charge in [0.2, 0.25) is 15.9 Å². The van der Waals surface area contributed by atoms with Crippen molar-refractivity contribution in [2.45, 2.75) is 37.5 Å². The Kier molecular flexibility index (Phi) is 5.99. The molecule has 0 bridgehead atoms. The summed E-state index contributed by atoms with van der Waals surface area (Å²) in [5.41, 5.74) is 1.12. The first kappa shape index (κ1) is 19.3. The molecular weight excluding hydrogens is 352 g/mol. The molecule has 0 N–H and O–H groups in total. The van der Waals surface area contributed by atoms with Gasteiger partial charge in [-0.05, 0) is 36.5 Å². The predicted molar refractivity (Wildman–Crippen MR) is 99.4 cm³/mol. The number of ether oxygens (including phenoxy) is 1. The molecule has 1 aromatic rings. The van der Waals surface area contributed by atoms with Crippen molar-refractivity contribution >= 4 is 15.9 Å². The number of carbonyl (C=O) groups excluding carboxylic acids is 1. The number of hydrogen-bond acceptors (Lipinski definition) is 4. The van der Waals surface area contributed by atoms with Crippen LogP contribution in [0, 0.1) is 5.92 Å². The first-order valence-corrected chi connectivity index (χ1v) is 10.8. The molecule has 26 heavy (non-hydrogen) atoms. The highest BCUT2D eigenvalue weighted by Gasteiger charge is 2.34. The lowest BCUT2D eigenvalue weighted by molar-refractivity contribution is -0.140. The van der Waals surface area contributed by atoms with Crippen LogP contribution >= 0.6 is 0 Å². The van der Waals surface area contributed by atoms with E-state index >= 15 is 0 Å². The average Bonchev–Trinajstić information content (AvgIpc) is 2.68. The standard InChI is InChI=1S/C19H28N2O4S/c1-15(2)16-3-5-18(6-4-16)26(23,24)21-9-7-17(8-10-21)19(22)20-11-13-25-14-12-20/h3-6,15,17H,7-14H2,1-2H3. The maximum Gasteiger partial charge on any atom is 0.243 e. The van der Waals surface area contributed by atoms with Gasteiger partial charge < -0.3 is 9.64 Å². The second-order valence-electron chi connectivity index (χ2n) is 7.34. The van der Waals surface area contributed by atoms with Crippen molar-refractivity contribution in [3.05, 3.63) is 29.8 Å². The van der Waals surface area contributed by atoms with Crippen LogP contribution in [-0.4, -0.2) is 62.9 Å². The van der Waals surface area contributed by atoms with Gasteiger partial charge in [-0.2, -0.15) is 4.31 Å². The van der Waals surface area contributed by atoms with E-state index in [0.717, 1.165) is 5.56 Å². The van der Waals surface area contributed by atoms with E-state index in [9.17, 15) is 13.2 Å². The van der Waals surface area contributed by atoms with Gasteiger partial charge in [0.25, 0.3) is 0 Å². The minimum atomic E-state index is -3.49. The smallest absolute Gasteiger partial charge is 0.243 e. The number of benzene rings is 1. The van der Waals surface area contributed by atoms with E-state index in [-0.39, 0.29) is 11.8 Å². The number of rotatable bonds is 4. The van der Waals surface area contributed by atoms with Crippen LogP contribution in [0.25, 0.3) is 0 Å². The molecule has 2 fully saturated rings. The number of piperidine rings is 1. The maximum absolute atomic E-state index is 12.9. The molecule has 1 aromatic carbocycles. The highest BCUT2D eigenvalue weighted by molar-refractivity contribution is 7.89. The van der Waals surface area contributed by atoms with Crippen molar-refractivity contribution in [2.24, 2.45) is 5.92 Å². The van der Waals surface area contributed by atoms with Crippen molar-refractivity contribution < 1.29 is 17.9 Å². The third kappa shape index (κ3) is 4.10. The fraction of sp³-hybridized carbons (Fsp3) is 0.632. The van der Waals surface area contributed by atoms with E-state index in [1.807, 2.05) is 17.0 Å². The van der Waals surface area contributed by atoms with Crippen LogP contribution in [0.1, 0.15) is 38.2 Å². The molecule has 0 atom stereocenters. The van der Waals surface area contributed by atoms with Crippen molar-refractivity contribution in [1.29, 1.82) is 0 Å². The molecule has 3 rings (SSSR count). The van der Waals surface area contributed by atoms with Crippen LogP contribution in [0.2, 0.25) is 0 Å². The summed E-state index contributed by atoms with van der Waals surface area (Å²) >= 11 is 0. The number of sulfonamides is 1. The van der Waals surface area contributed by atoms with Gasteiger partial charge in [-0.25, -0.2) is 8.42 Å². The number of morpholine rings is 1. The Bertz CT molecular complexity index is 716. The quantitative estimate of drug-likeness (QED) is 0.802. The van der Waals surface area contributed by atoms with E-state index in [2.05, 4.69) is 13.8 Å². The van der Waals surface area contributed by atoms with Crippen molar-refractivity contribution in [3.8, 4) is 0 Å². The fourth-order valence-electron chi connectivity index (χ4n) is 3.56. The van der Waals surface area contributed by atoms with Crippen molar-refractivity contribution in [3.63, 3.8) is 0 Å². The monoisotopic (exact) mass is 380 g/mol. The molecule has 0 radical (unpaired) electrons. The Morgan fingerprint density at radius 3 is 2.15 bits per heavy atom. The molecule has 0 unspecified atom stereocenters. The minimum Gasteiger partial charge on any atom is -0.378 e. The summed E-state index contributed by atoms with van der Waals surface area (Å²) in [5, 5.41) is 0. The minimum absolute atomic E-state index is 0.0807. The Labute approximate surface area is 156 Å². The molecule has 2 aliphatic heterocycles. The summed E-state index contributed by atoms with van der Waals surface area (Å²) in [7, 11) is -3.49. The summed E-state index contributed by atoms with van der Waals surface area (Å²) in [4.78, 5) is 14.8. The molecule has 2 heterocycles. The first-order valence-electron chi connectivity index (χ1n) is 9.36. The maximum atomic E-state index is 12.9. The third-order valence-electron chi connectivity index (χ3n) is 5.31. The highest BCUT2D eigenvalue weighted by Crippen LogP contribution is 2.26. The number of nitrogens with zero attached hydrogens (tertiary/aromatic N) is 2. The summed E-state index contributed by atoms with van der Waals surface area (Å²) in [6.07, 6.45) is 1.17. The van der Waals surface area contributed by atoms with Crippen LogP contribution in [0.3, 0.4) is 0 Å². The second kappa shape index (κ2) is 8.06. The molecule has 7 heteroatoms. The van der Waals surface area contributed by atoms with Gasteiger partial charge in [0.1, 0.15) is 0 Å². The normalized spacial score (nSPS) is 20.5. The summed E-state index contributed by atoms with van der Waals surface area (Å²) in [5.74, 6) is 0.434. The van der Waals surface area contributed by atoms with Crippen molar-refractivity contribution in [1.82, 2.24) is 9.21 Å². The lowest BCUT2D eigenvalue weighted by Gasteiger charge is -2.35. The van der Waals surface area contributed by atoms with Gasteiger partial charge in [0.15, 0.2) is 0 Å². The Morgan fingerprint density at radius 2 is 1.62 bits per heavy atom. The summed E-state index contributed by atoms with van der Waals surface area (Å²) in [6.45, 7) is 7.42. The van der Waals surface area contributed by atoms with Gasteiger partial charge >= 0.3 is 0 Å². The van der Waals surface area contributed by atoms with E-state index in [4.69, 9.17) is 4.74 Å². The molecule has 144 valence electrons. The summed E-state index contributed by atoms with van der Waals surface area (Å²) < 4.78 is 32.5. The molecular formula is C19H28N2O4S. The van der Waals surface area contributed by atoms with Gasteiger partial charge in [-0.3, -0.25) is 4.79 Å². The SMILES string of the molecule is CC(C)c1ccc(S(=O)(=O)N2CCC(C(=O)N3CCOCC3)CC2)cc1. The van der Waals surface area contributed by atoms with E-state index in [1.165, 1.54) is 4.31 Å². The zero-order valence-corrected chi connectivity index (χ0v) is 16.4. The van der Waals surface area contributed by atoms with Crippen LogP contribution in [0.15, 0.2) is 29.2 Å². The Balaban J connectivity index is 1.62. The molecule has 0 aliphatic carbocycles. The van der Waals surface area contributed by atoms with E-state index < -0.39 is 10.0 Å². The molecule has 0 aromatic heterocycles. The van der Waals surface area contributed by atoms with Gasteiger partial charge in [-0.1, -0.05) is 26.0 Å². The first-order chi connectivity index (χ1) is 12.4. The lowest BCUT2D eigenvalue weighted by Crippen LogP contribution is -2.47. The lowest BCUT2D eigenvalue weighted by atomic mass is 9.96. The zero-order valence-electron chi connectivity index (χ0n) is 15.6. The molecule has 1 amide bonds. The van der Waals surface area contributed by atoms with Gasteiger partial charge in [0, 0.05) is 32.1 Å². The fourth-order valence-corrected chi connectivity index (χ4v) is 5.03. The highest BCUT2D eigenvalue weighted by atomic mass is 32.2. The zero-order chi connectivity index (χ0) is 18.7. The van der Waals surface area contributed by atoms with Crippen LogP contribution in [0.4, 0.5) is 0 Å². The van der Waals surface area contributed by atoms with Crippen LogP contribution < -0.4 is 0 Å². The topological polar surface area (TPSA) is 66.9 Å². The van der Waals surface area contributed by atoms with Gasteiger partial charge in [0.05, 0.1) is 18.1 Å². The molecule has 0 saturated carbocycles. The van der Waals surface area contributed by atoms with E-state index in [1.54, 1.807) is 12.1 Å². The number of hydrogen-bond donors (Lipinski definition) is 0. The van der Waals surface area contributed by atoms with Crippen molar-refractivity contribution in [2.75, 3.05) is 39.4 Å². The largest absolute Gasteiger partial charge is 0.378 e. The average molecular weight is 381 g/mol. The molecule has 6 nitrogen and oxygen atoms in total. The molecule has 0 spiro atoms. The molecule has 2 saturated heterocycles. The van der Waals surface area contributed by atoms with Crippen LogP contribution in [0.5, 0.6) is 0 Å². The Hall–Kier alpha value is -1.44. The second-order valence-corrected chi connectivity index (χ2v) is 9.28. The third-order valence-corrected chi connectivity index (χ3v) is 7.22. The summed E-state index contributed by atoms with van der Waals surface area (Å²) in [6, 6.07) is 7.14. The van der Waals surface area contributed by atoms with Crippen LogP contribution in [-0.2, 0) is 19.6 Å². The molecule has 2 aliphatic rings. The predicted octanol–water partition coefficient (Wildman–Crippen LogP) is 2.07. The van der Waals surface area contributed by atoms with Gasteiger partial charge in [-0.15, -0.1) is 0 Å². The Morgan fingerprint density at radius 1 is 1.04 bits per heavy atom. The van der Waals surface area contributed by atoms with E-state index in [0.29, 0.717) is 63.0 Å². The number of carbonyl (C=O) groups is 1.